The van der Waals surface area contributed by atoms with Crippen LogP contribution in [0.2, 0.25) is 0 Å². The molecule has 112 valence electrons. The highest BCUT2D eigenvalue weighted by molar-refractivity contribution is 5.77. The summed E-state index contributed by atoms with van der Waals surface area (Å²) in [6.07, 6.45) is -0.0809. The number of rotatable bonds is 6. The Hall–Kier alpha value is -1.17. The van der Waals surface area contributed by atoms with Crippen molar-refractivity contribution in [2.75, 3.05) is 13.7 Å². The van der Waals surface area contributed by atoms with E-state index in [1.165, 1.54) is 21.0 Å². The lowest BCUT2D eigenvalue weighted by atomic mass is 10.0. The van der Waals surface area contributed by atoms with Gasteiger partial charge in [0.1, 0.15) is 17.3 Å². The molecule has 0 heterocycles. The molecule has 5 nitrogen and oxygen atoms in total. The molecule has 0 saturated heterocycles. The van der Waals surface area contributed by atoms with Gasteiger partial charge in [-0.1, -0.05) is 0 Å². The molecule has 1 atom stereocenters. The molecule has 1 N–H and O–H groups in total. The van der Waals surface area contributed by atoms with Crippen LogP contribution in [0, 0.1) is 0 Å². The fraction of sp³-hybridized carbons (Fsp3) is 0.846. The molecule has 0 aliphatic carbocycles. The number of nitrogens with one attached hydrogen (secondary N) is 1. The first-order valence-electron chi connectivity index (χ1n) is 6.16. The predicted octanol–water partition coefficient (Wildman–Crippen LogP) is 1.60. The lowest BCUT2D eigenvalue weighted by molar-refractivity contribution is -0.154. The summed E-state index contributed by atoms with van der Waals surface area (Å²) in [5.41, 5.74) is -2.14. The molecule has 0 fully saturated rings. The van der Waals surface area contributed by atoms with E-state index in [9.17, 15) is 14.0 Å². The van der Waals surface area contributed by atoms with E-state index in [1.54, 1.807) is 20.8 Å². The van der Waals surface area contributed by atoms with Gasteiger partial charge in [-0.3, -0.25) is 14.9 Å². The zero-order valence-electron chi connectivity index (χ0n) is 12.5. The summed E-state index contributed by atoms with van der Waals surface area (Å²) in [6, 6.07) is -0.877. The van der Waals surface area contributed by atoms with Crippen molar-refractivity contribution >= 4 is 11.9 Å². The molecule has 0 aliphatic rings. The van der Waals surface area contributed by atoms with Crippen LogP contribution in [0.3, 0.4) is 0 Å². The molecular formula is C13H24FNO4. The quantitative estimate of drug-likeness (QED) is 0.747. The van der Waals surface area contributed by atoms with Gasteiger partial charge in [-0.25, -0.2) is 4.39 Å². The van der Waals surface area contributed by atoms with E-state index in [4.69, 9.17) is 4.74 Å². The monoisotopic (exact) mass is 277 g/mol. The van der Waals surface area contributed by atoms with Crippen molar-refractivity contribution < 1.29 is 23.5 Å². The number of carbonyl (C=O) groups excluding carboxylic acids is 2. The van der Waals surface area contributed by atoms with Crippen molar-refractivity contribution in [2.24, 2.45) is 0 Å². The molecule has 0 amide bonds. The molecule has 0 aromatic heterocycles. The van der Waals surface area contributed by atoms with Gasteiger partial charge in [-0.2, -0.15) is 0 Å². The van der Waals surface area contributed by atoms with Crippen LogP contribution in [-0.4, -0.2) is 42.9 Å². The minimum atomic E-state index is -1.54. The molecule has 0 rings (SSSR count). The molecule has 0 radical (unpaired) electrons. The predicted molar refractivity (Wildman–Crippen MR) is 69.5 cm³/mol. The van der Waals surface area contributed by atoms with Crippen molar-refractivity contribution in [2.45, 2.75) is 58.4 Å². The molecule has 0 aromatic carbocycles. The van der Waals surface area contributed by atoms with Gasteiger partial charge in [0, 0.05) is 6.42 Å². The van der Waals surface area contributed by atoms with Crippen LogP contribution in [0.15, 0.2) is 0 Å². The van der Waals surface area contributed by atoms with Gasteiger partial charge in [-0.15, -0.1) is 0 Å². The standard InChI is InChI=1S/C13H24FNO4/c1-12(2,3)19-10(16)8-15-9(11(17)18-6)7-13(4,5)14/h9,15H,7-8H2,1-6H3/t9-/m0/s1. The van der Waals surface area contributed by atoms with Crippen LogP contribution in [-0.2, 0) is 19.1 Å². The first-order valence-corrected chi connectivity index (χ1v) is 6.16. The summed E-state index contributed by atoms with van der Waals surface area (Å²) in [4.78, 5) is 23.0. The second-order valence-electron chi connectivity index (χ2n) is 5.97. The number of methoxy groups -OCH3 is 1. The summed E-state index contributed by atoms with van der Waals surface area (Å²) >= 11 is 0. The molecule has 0 aliphatic heterocycles. The maximum absolute atomic E-state index is 13.6. The van der Waals surface area contributed by atoms with Gasteiger partial charge in [0.25, 0.3) is 0 Å². The van der Waals surface area contributed by atoms with Crippen LogP contribution >= 0.6 is 0 Å². The molecule has 0 aromatic rings. The zero-order chi connectivity index (χ0) is 15.3. The van der Waals surface area contributed by atoms with E-state index >= 15 is 0 Å². The topological polar surface area (TPSA) is 64.6 Å². The normalized spacial score (nSPS) is 13.8. The Balaban J connectivity index is 4.43. The second kappa shape index (κ2) is 6.84. The van der Waals surface area contributed by atoms with Gasteiger partial charge in [0.2, 0.25) is 0 Å². The maximum atomic E-state index is 13.6. The molecule has 0 spiro atoms. The van der Waals surface area contributed by atoms with Crippen molar-refractivity contribution in [3.8, 4) is 0 Å². The van der Waals surface area contributed by atoms with Crippen molar-refractivity contribution in [1.29, 1.82) is 0 Å². The van der Waals surface area contributed by atoms with Crippen molar-refractivity contribution in [1.82, 2.24) is 5.32 Å². The zero-order valence-corrected chi connectivity index (χ0v) is 12.5. The lowest BCUT2D eigenvalue weighted by Gasteiger charge is -2.23. The maximum Gasteiger partial charge on any atom is 0.322 e. The first-order chi connectivity index (χ1) is 8.44. The number of hydrogen-bond donors (Lipinski definition) is 1. The van der Waals surface area contributed by atoms with Crippen molar-refractivity contribution in [3.05, 3.63) is 0 Å². The Kier molecular flexibility index (Phi) is 6.42. The van der Waals surface area contributed by atoms with E-state index in [1.807, 2.05) is 0 Å². The third-order valence-corrected chi connectivity index (χ3v) is 2.09. The molecule has 0 bridgehead atoms. The van der Waals surface area contributed by atoms with Crippen LogP contribution in [0.4, 0.5) is 4.39 Å². The number of carbonyl (C=O) groups is 2. The van der Waals surface area contributed by atoms with Crippen LogP contribution in [0.25, 0.3) is 0 Å². The summed E-state index contributed by atoms with van der Waals surface area (Å²) < 4.78 is 23.2. The Morgan fingerprint density at radius 2 is 1.74 bits per heavy atom. The van der Waals surface area contributed by atoms with Crippen LogP contribution in [0.1, 0.15) is 41.0 Å². The van der Waals surface area contributed by atoms with Gasteiger partial charge < -0.3 is 9.47 Å². The van der Waals surface area contributed by atoms with Gasteiger partial charge >= 0.3 is 11.9 Å². The highest BCUT2D eigenvalue weighted by Gasteiger charge is 2.29. The summed E-state index contributed by atoms with van der Waals surface area (Å²) in [7, 11) is 1.22. The fourth-order valence-corrected chi connectivity index (χ4v) is 1.45. The fourth-order valence-electron chi connectivity index (χ4n) is 1.45. The highest BCUT2D eigenvalue weighted by Crippen LogP contribution is 2.17. The largest absolute Gasteiger partial charge is 0.468 e. The minimum absolute atomic E-state index is 0.0809. The van der Waals surface area contributed by atoms with Gasteiger partial charge in [0.15, 0.2) is 0 Å². The first kappa shape index (κ1) is 17.8. The van der Waals surface area contributed by atoms with E-state index in [0.29, 0.717) is 0 Å². The van der Waals surface area contributed by atoms with E-state index < -0.39 is 29.3 Å². The van der Waals surface area contributed by atoms with Crippen LogP contribution < -0.4 is 5.32 Å². The molecule has 0 saturated carbocycles. The van der Waals surface area contributed by atoms with Crippen LogP contribution in [0.5, 0.6) is 0 Å². The number of alkyl halides is 1. The Labute approximate surface area is 113 Å². The van der Waals surface area contributed by atoms with E-state index in [-0.39, 0.29) is 13.0 Å². The number of ether oxygens (including phenoxy) is 2. The SMILES string of the molecule is COC(=O)[C@H](CC(C)(C)F)NCC(=O)OC(C)(C)C. The second-order valence-corrected chi connectivity index (χ2v) is 5.97. The van der Waals surface area contributed by atoms with Gasteiger partial charge in [0.05, 0.1) is 13.7 Å². The van der Waals surface area contributed by atoms with E-state index in [2.05, 4.69) is 10.1 Å². The highest BCUT2D eigenvalue weighted by atomic mass is 19.1. The number of hydrogen-bond acceptors (Lipinski definition) is 5. The smallest absolute Gasteiger partial charge is 0.322 e. The Morgan fingerprint density at radius 3 is 2.11 bits per heavy atom. The summed E-state index contributed by atoms with van der Waals surface area (Å²) in [5.74, 6) is -1.10. The molecule has 19 heavy (non-hydrogen) atoms. The summed E-state index contributed by atoms with van der Waals surface area (Å²) in [5, 5.41) is 2.66. The average Bonchev–Trinajstić information content (AvgIpc) is 2.19. The Bertz CT molecular complexity index is 318. The third-order valence-electron chi connectivity index (χ3n) is 2.09. The van der Waals surface area contributed by atoms with Crippen molar-refractivity contribution in [3.63, 3.8) is 0 Å². The summed E-state index contributed by atoms with van der Waals surface area (Å²) in [6.45, 7) is 7.78. The lowest BCUT2D eigenvalue weighted by Crippen LogP contribution is -2.45. The number of halogens is 1. The molecular weight excluding hydrogens is 253 g/mol. The molecule has 0 unspecified atom stereocenters. The third kappa shape index (κ3) is 9.41. The number of esters is 2. The molecule has 6 heteroatoms. The Morgan fingerprint density at radius 1 is 1.21 bits per heavy atom. The van der Waals surface area contributed by atoms with E-state index in [0.717, 1.165) is 0 Å². The average molecular weight is 277 g/mol. The van der Waals surface area contributed by atoms with Gasteiger partial charge in [-0.05, 0) is 34.6 Å². The minimum Gasteiger partial charge on any atom is -0.468 e.